The summed E-state index contributed by atoms with van der Waals surface area (Å²) in [5.41, 5.74) is 0.394. The SMILES string of the molecule is CCOc1cccc(NC(=O)C2CC(=O)N(Cc3ccc(Cl)cc3)C(=Nc3cccc(C(F)(F)F)c3)S2)c1. The molecule has 1 fully saturated rings. The molecule has 0 aliphatic carbocycles. The van der Waals surface area contributed by atoms with Gasteiger partial charge in [0.15, 0.2) is 5.17 Å². The average Bonchev–Trinajstić information content (AvgIpc) is 2.87. The summed E-state index contributed by atoms with van der Waals surface area (Å²) in [6.45, 7) is 2.42. The molecule has 1 saturated heterocycles. The van der Waals surface area contributed by atoms with E-state index in [4.69, 9.17) is 16.3 Å². The Labute approximate surface area is 226 Å². The standard InChI is InChI=1S/C27H23ClF3N3O3S/c1-2-37-22-8-4-7-21(14-22)32-25(36)23-15-24(35)34(16-17-9-11-19(28)12-10-17)26(38-23)33-20-6-3-5-18(13-20)27(29,30)31/h3-14,23H,2,15-16H2,1H3,(H,32,36). The third-order valence-electron chi connectivity index (χ3n) is 5.50. The van der Waals surface area contributed by atoms with Gasteiger partial charge in [-0.05, 0) is 55.0 Å². The lowest BCUT2D eigenvalue weighted by Crippen LogP contribution is -2.44. The third-order valence-corrected chi connectivity index (χ3v) is 6.94. The second-order valence-corrected chi connectivity index (χ2v) is 9.92. The van der Waals surface area contributed by atoms with Crippen LogP contribution in [0.1, 0.15) is 24.5 Å². The van der Waals surface area contributed by atoms with Gasteiger partial charge in [-0.1, -0.05) is 47.6 Å². The lowest BCUT2D eigenvalue weighted by atomic mass is 10.2. The number of amidine groups is 1. The fourth-order valence-corrected chi connectivity index (χ4v) is 4.91. The summed E-state index contributed by atoms with van der Waals surface area (Å²) in [5.74, 6) is -0.230. The quantitative estimate of drug-likeness (QED) is 0.340. The minimum Gasteiger partial charge on any atom is -0.494 e. The van der Waals surface area contributed by atoms with E-state index in [-0.39, 0.29) is 29.7 Å². The molecule has 1 N–H and O–H groups in total. The van der Waals surface area contributed by atoms with Gasteiger partial charge in [-0.15, -0.1) is 0 Å². The predicted octanol–water partition coefficient (Wildman–Crippen LogP) is 6.92. The molecule has 0 spiro atoms. The van der Waals surface area contributed by atoms with Crippen molar-refractivity contribution in [3.8, 4) is 5.75 Å². The van der Waals surface area contributed by atoms with Crippen molar-refractivity contribution >= 4 is 51.7 Å². The lowest BCUT2D eigenvalue weighted by molar-refractivity contribution is -0.137. The zero-order valence-electron chi connectivity index (χ0n) is 20.2. The van der Waals surface area contributed by atoms with Gasteiger partial charge in [0.05, 0.1) is 24.4 Å². The second-order valence-electron chi connectivity index (χ2n) is 8.31. The van der Waals surface area contributed by atoms with Crippen molar-refractivity contribution in [1.82, 2.24) is 4.90 Å². The Hall–Kier alpha value is -3.50. The van der Waals surface area contributed by atoms with Gasteiger partial charge in [-0.25, -0.2) is 4.99 Å². The number of benzene rings is 3. The number of hydrogen-bond acceptors (Lipinski definition) is 5. The van der Waals surface area contributed by atoms with Crippen molar-refractivity contribution < 1.29 is 27.5 Å². The van der Waals surface area contributed by atoms with Gasteiger partial charge < -0.3 is 10.1 Å². The van der Waals surface area contributed by atoms with Crippen molar-refractivity contribution in [3.05, 3.63) is 88.9 Å². The minimum absolute atomic E-state index is 0.0155. The molecule has 11 heteroatoms. The number of amides is 2. The zero-order chi connectivity index (χ0) is 27.3. The molecule has 3 aromatic carbocycles. The van der Waals surface area contributed by atoms with E-state index in [9.17, 15) is 22.8 Å². The highest BCUT2D eigenvalue weighted by atomic mass is 35.5. The van der Waals surface area contributed by atoms with E-state index in [2.05, 4.69) is 10.3 Å². The van der Waals surface area contributed by atoms with Crippen LogP contribution >= 0.6 is 23.4 Å². The summed E-state index contributed by atoms with van der Waals surface area (Å²) in [6.07, 6.45) is -4.66. The number of carbonyl (C=O) groups excluding carboxylic acids is 2. The van der Waals surface area contributed by atoms with Crippen molar-refractivity contribution in [3.63, 3.8) is 0 Å². The highest BCUT2D eigenvalue weighted by molar-refractivity contribution is 8.15. The average molecular weight is 562 g/mol. The van der Waals surface area contributed by atoms with Crippen LogP contribution in [0.5, 0.6) is 5.75 Å². The number of alkyl halides is 3. The summed E-state index contributed by atoms with van der Waals surface area (Å²) in [5, 5.41) is 2.59. The van der Waals surface area contributed by atoms with E-state index in [0.717, 1.165) is 29.5 Å². The van der Waals surface area contributed by atoms with E-state index in [1.807, 2.05) is 6.92 Å². The summed E-state index contributed by atoms with van der Waals surface area (Å²) >= 11 is 6.99. The molecule has 0 saturated carbocycles. The van der Waals surface area contributed by atoms with Crippen molar-refractivity contribution in [2.45, 2.75) is 31.3 Å². The van der Waals surface area contributed by atoms with E-state index in [0.29, 0.717) is 23.1 Å². The smallest absolute Gasteiger partial charge is 0.416 e. The molecule has 1 atom stereocenters. The lowest BCUT2D eigenvalue weighted by Gasteiger charge is -2.32. The van der Waals surface area contributed by atoms with Crippen molar-refractivity contribution in [1.29, 1.82) is 0 Å². The molecule has 198 valence electrons. The van der Waals surface area contributed by atoms with Gasteiger partial charge in [0.25, 0.3) is 0 Å². The van der Waals surface area contributed by atoms with E-state index in [1.54, 1.807) is 48.5 Å². The number of halogens is 4. The number of thioether (sulfide) groups is 1. The largest absolute Gasteiger partial charge is 0.494 e. The molecule has 38 heavy (non-hydrogen) atoms. The number of hydrogen-bond donors (Lipinski definition) is 1. The van der Waals surface area contributed by atoms with Gasteiger partial charge in [-0.2, -0.15) is 13.2 Å². The number of rotatable bonds is 7. The molecule has 1 unspecified atom stereocenters. The van der Waals surface area contributed by atoms with Crippen LogP contribution in [0, 0.1) is 0 Å². The highest BCUT2D eigenvalue weighted by Crippen LogP contribution is 2.34. The minimum atomic E-state index is -4.55. The number of nitrogens with zero attached hydrogens (tertiary/aromatic N) is 2. The van der Waals surface area contributed by atoms with Crippen LogP contribution < -0.4 is 10.1 Å². The molecule has 0 radical (unpaired) electrons. The molecule has 1 aliphatic heterocycles. The molecule has 1 heterocycles. The number of ether oxygens (including phenoxy) is 1. The Morgan fingerprint density at radius 2 is 1.87 bits per heavy atom. The van der Waals surface area contributed by atoms with Crippen LogP contribution in [0.25, 0.3) is 0 Å². The highest BCUT2D eigenvalue weighted by Gasteiger charge is 2.36. The summed E-state index contributed by atoms with van der Waals surface area (Å²) in [4.78, 5) is 32.1. The number of aliphatic imine (C=N–C) groups is 1. The van der Waals surface area contributed by atoms with Gasteiger partial charge >= 0.3 is 6.18 Å². The topological polar surface area (TPSA) is 71.0 Å². The van der Waals surface area contributed by atoms with E-state index >= 15 is 0 Å². The van der Waals surface area contributed by atoms with Gasteiger partial charge in [0.1, 0.15) is 11.0 Å². The molecule has 1 aliphatic rings. The maximum Gasteiger partial charge on any atom is 0.416 e. The summed E-state index contributed by atoms with van der Waals surface area (Å²) in [6, 6.07) is 18.2. The first-order valence-corrected chi connectivity index (χ1v) is 12.9. The van der Waals surface area contributed by atoms with Crippen LogP contribution in [0.15, 0.2) is 77.8 Å². The van der Waals surface area contributed by atoms with Crippen LogP contribution in [0.2, 0.25) is 5.02 Å². The number of carbonyl (C=O) groups is 2. The van der Waals surface area contributed by atoms with E-state index in [1.165, 1.54) is 17.0 Å². The van der Waals surface area contributed by atoms with Crippen LogP contribution in [0.4, 0.5) is 24.5 Å². The first kappa shape index (κ1) is 27.5. The van der Waals surface area contributed by atoms with E-state index < -0.39 is 22.9 Å². The molecule has 0 bridgehead atoms. The first-order chi connectivity index (χ1) is 18.1. The third kappa shape index (κ3) is 7.08. The maximum absolute atomic E-state index is 13.3. The molecule has 2 amide bonds. The van der Waals surface area contributed by atoms with Crippen LogP contribution in [-0.2, 0) is 22.3 Å². The fourth-order valence-electron chi connectivity index (χ4n) is 3.68. The fraction of sp³-hybridized carbons (Fsp3) is 0.222. The first-order valence-electron chi connectivity index (χ1n) is 11.6. The molecule has 3 aromatic rings. The molecular weight excluding hydrogens is 539 g/mol. The van der Waals surface area contributed by atoms with Crippen LogP contribution in [0.3, 0.4) is 0 Å². The van der Waals surface area contributed by atoms with Crippen molar-refractivity contribution in [2.24, 2.45) is 4.99 Å². The second kappa shape index (κ2) is 11.9. The summed E-state index contributed by atoms with van der Waals surface area (Å²) in [7, 11) is 0. The molecular formula is C27H23ClF3N3O3S. The van der Waals surface area contributed by atoms with Gasteiger partial charge in [-0.3, -0.25) is 14.5 Å². The molecule has 4 rings (SSSR count). The Bertz CT molecular complexity index is 1350. The van der Waals surface area contributed by atoms with Crippen LogP contribution in [-0.4, -0.2) is 33.7 Å². The van der Waals surface area contributed by atoms with Gasteiger partial charge in [0, 0.05) is 23.2 Å². The Morgan fingerprint density at radius 3 is 2.58 bits per heavy atom. The molecule has 0 aromatic heterocycles. The number of nitrogens with one attached hydrogen (secondary N) is 1. The normalized spacial score (nSPS) is 17.0. The monoisotopic (exact) mass is 561 g/mol. The zero-order valence-corrected chi connectivity index (χ0v) is 21.7. The van der Waals surface area contributed by atoms with Crippen molar-refractivity contribution in [2.75, 3.05) is 11.9 Å². The number of anilines is 1. The molecule has 6 nitrogen and oxygen atoms in total. The summed E-state index contributed by atoms with van der Waals surface area (Å²) < 4.78 is 45.3. The Morgan fingerprint density at radius 1 is 1.13 bits per heavy atom. The Kier molecular flexibility index (Phi) is 8.63. The van der Waals surface area contributed by atoms with Gasteiger partial charge in [0.2, 0.25) is 11.8 Å². The predicted molar refractivity (Wildman–Crippen MR) is 143 cm³/mol. The Balaban J connectivity index is 1.62. The maximum atomic E-state index is 13.3.